The molecule has 6 heteroatoms. The van der Waals surface area contributed by atoms with Gasteiger partial charge in [0.15, 0.2) is 0 Å². The molecule has 0 aromatic rings. The summed E-state index contributed by atoms with van der Waals surface area (Å²) in [7, 11) is 0. The molecule has 0 spiro atoms. The van der Waals surface area contributed by atoms with E-state index in [1.807, 2.05) is 0 Å². The third-order valence-corrected chi connectivity index (χ3v) is 1.18. The SMILES string of the molecule is O=[C-]ON1CCCC1=O.[Zn].[Zn]. The van der Waals surface area contributed by atoms with Crippen LogP contribution in [0.4, 0.5) is 0 Å². The van der Waals surface area contributed by atoms with E-state index in [4.69, 9.17) is 0 Å². The summed E-state index contributed by atoms with van der Waals surface area (Å²) in [5.74, 6) is -0.140. The van der Waals surface area contributed by atoms with E-state index in [1.54, 1.807) is 0 Å². The van der Waals surface area contributed by atoms with Gasteiger partial charge in [0.1, 0.15) is 0 Å². The van der Waals surface area contributed by atoms with Gasteiger partial charge in [-0.25, -0.2) is 5.06 Å². The molecule has 1 fully saturated rings. The number of hydroxylamine groups is 2. The second kappa shape index (κ2) is 6.87. The van der Waals surface area contributed by atoms with E-state index >= 15 is 0 Å². The number of carbonyl (C=O) groups is 1. The minimum Gasteiger partial charge on any atom is -0.542 e. The zero-order chi connectivity index (χ0) is 6.69. The van der Waals surface area contributed by atoms with Gasteiger partial charge < -0.3 is 9.63 Å². The molecule has 4 nitrogen and oxygen atoms in total. The second-order valence-corrected chi connectivity index (χ2v) is 1.77. The maximum Gasteiger partial charge on any atom is 0.252 e. The van der Waals surface area contributed by atoms with Crippen molar-refractivity contribution in [1.82, 2.24) is 5.06 Å². The first-order valence-electron chi connectivity index (χ1n) is 2.69. The quantitative estimate of drug-likeness (QED) is 0.500. The van der Waals surface area contributed by atoms with E-state index < -0.39 is 0 Å². The van der Waals surface area contributed by atoms with Crippen LogP contribution in [0.25, 0.3) is 0 Å². The van der Waals surface area contributed by atoms with Gasteiger partial charge in [-0.1, -0.05) is 0 Å². The molecule has 1 aliphatic rings. The van der Waals surface area contributed by atoms with Crippen LogP contribution in [0.3, 0.4) is 0 Å². The Bertz CT molecular complexity index is 142. The Hall–Kier alpha value is 0.187. The Labute approximate surface area is 90.1 Å². The monoisotopic (exact) mass is 256 g/mol. The average Bonchev–Trinajstić information content (AvgIpc) is 2.18. The third-order valence-electron chi connectivity index (χ3n) is 1.18. The molecule has 0 aromatic heterocycles. The summed E-state index contributed by atoms with van der Waals surface area (Å²) in [6, 6.07) is 0. The fourth-order valence-corrected chi connectivity index (χ4v) is 0.765. The van der Waals surface area contributed by atoms with Crippen molar-refractivity contribution >= 4 is 12.4 Å². The van der Waals surface area contributed by atoms with Crippen molar-refractivity contribution in [2.75, 3.05) is 6.54 Å². The zero-order valence-corrected chi connectivity index (χ0v) is 12.1. The van der Waals surface area contributed by atoms with Crippen molar-refractivity contribution in [3.63, 3.8) is 0 Å². The van der Waals surface area contributed by atoms with Gasteiger partial charge in [-0.2, -0.15) is 0 Å². The van der Waals surface area contributed by atoms with Crippen LogP contribution in [0.2, 0.25) is 0 Å². The smallest absolute Gasteiger partial charge is 0.252 e. The fourth-order valence-electron chi connectivity index (χ4n) is 0.765. The predicted octanol–water partition coefficient (Wildman–Crippen LogP) is -0.397. The summed E-state index contributed by atoms with van der Waals surface area (Å²) in [5.41, 5.74) is 0. The molecule has 0 unspecified atom stereocenters. The first-order valence-corrected chi connectivity index (χ1v) is 2.69. The number of rotatable bonds is 2. The van der Waals surface area contributed by atoms with E-state index in [0.717, 1.165) is 11.5 Å². The summed E-state index contributed by atoms with van der Waals surface area (Å²) in [5, 5.41) is 1.02. The Morgan fingerprint density at radius 2 is 2.09 bits per heavy atom. The standard InChI is InChI=1S/C5H6NO3.2Zn/c7-4-9-6-3-1-2-5(6)8;;/h1-3H2;;/q-1;;. The topological polar surface area (TPSA) is 46.6 Å². The van der Waals surface area contributed by atoms with Crippen molar-refractivity contribution < 1.29 is 53.4 Å². The van der Waals surface area contributed by atoms with Gasteiger partial charge in [-0.15, -0.1) is 0 Å². The third kappa shape index (κ3) is 3.93. The van der Waals surface area contributed by atoms with Crippen LogP contribution < -0.4 is 0 Å². The van der Waals surface area contributed by atoms with Crippen molar-refractivity contribution in [2.45, 2.75) is 12.8 Å². The number of nitrogens with zero attached hydrogens (tertiary/aromatic N) is 1. The zero-order valence-electron chi connectivity index (χ0n) is 6.21. The van der Waals surface area contributed by atoms with Crippen LogP contribution in [0.1, 0.15) is 12.8 Å². The van der Waals surface area contributed by atoms with Crippen LogP contribution in [0.5, 0.6) is 0 Å². The molecule has 0 atom stereocenters. The second-order valence-electron chi connectivity index (χ2n) is 1.77. The normalized spacial score (nSPS) is 14.9. The first kappa shape index (κ1) is 13.8. The van der Waals surface area contributed by atoms with Crippen LogP contribution in [-0.2, 0) is 53.4 Å². The van der Waals surface area contributed by atoms with Crippen molar-refractivity contribution in [1.29, 1.82) is 0 Å². The summed E-state index contributed by atoms with van der Waals surface area (Å²) in [6.45, 7) is 1.70. The largest absolute Gasteiger partial charge is 0.542 e. The molecule has 54 valence electrons. The van der Waals surface area contributed by atoms with E-state index in [0.29, 0.717) is 13.0 Å². The molecule has 0 aliphatic carbocycles. The van der Waals surface area contributed by atoms with Crippen LogP contribution in [0.15, 0.2) is 0 Å². The van der Waals surface area contributed by atoms with Gasteiger partial charge in [0.05, 0.1) is 6.54 Å². The Morgan fingerprint density at radius 3 is 2.45 bits per heavy atom. The molecule has 1 amide bonds. The Kier molecular flexibility index (Phi) is 8.59. The number of carbonyl (C=O) groups excluding carboxylic acids is 2. The van der Waals surface area contributed by atoms with Gasteiger partial charge in [-0.05, 0) is 12.9 Å². The summed E-state index contributed by atoms with van der Waals surface area (Å²) in [4.78, 5) is 24.3. The average molecular weight is 259 g/mol. The van der Waals surface area contributed by atoms with Crippen molar-refractivity contribution in [2.24, 2.45) is 0 Å². The minimum atomic E-state index is -0.140. The minimum absolute atomic E-state index is 0. The molecule has 1 heterocycles. The van der Waals surface area contributed by atoms with E-state index in [1.165, 1.54) is 6.47 Å². The molecule has 0 saturated carbocycles. The predicted molar refractivity (Wildman–Crippen MR) is 27.7 cm³/mol. The van der Waals surface area contributed by atoms with Gasteiger partial charge in [-0.3, -0.25) is 4.79 Å². The molecule has 1 aliphatic heterocycles. The van der Waals surface area contributed by atoms with Gasteiger partial charge in [0, 0.05) is 45.4 Å². The molecule has 1 saturated heterocycles. The van der Waals surface area contributed by atoms with Crippen molar-refractivity contribution in [3.05, 3.63) is 0 Å². The molecular weight excluding hydrogens is 253 g/mol. The molecule has 0 bridgehead atoms. The van der Waals surface area contributed by atoms with E-state index in [2.05, 4.69) is 4.84 Å². The van der Waals surface area contributed by atoms with E-state index in [9.17, 15) is 9.59 Å². The molecule has 0 N–H and O–H groups in total. The Balaban J connectivity index is 0. The molecule has 1 rings (SSSR count). The van der Waals surface area contributed by atoms with Gasteiger partial charge in [0.2, 0.25) is 0 Å². The number of amides is 1. The number of hydrogen-bond donors (Lipinski definition) is 0. The molecule has 11 heavy (non-hydrogen) atoms. The summed E-state index contributed by atoms with van der Waals surface area (Å²) >= 11 is 0. The molecular formula is C5H6NO3Zn2-. The maximum absolute atomic E-state index is 10.6. The first-order chi connectivity index (χ1) is 4.34. The molecule has 0 aromatic carbocycles. The van der Waals surface area contributed by atoms with Gasteiger partial charge in [0.25, 0.3) is 5.91 Å². The van der Waals surface area contributed by atoms with Crippen LogP contribution in [-0.4, -0.2) is 24.0 Å². The Morgan fingerprint density at radius 1 is 1.45 bits per heavy atom. The van der Waals surface area contributed by atoms with Crippen LogP contribution >= 0.6 is 0 Å². The summed E-state index contributed by atoms with van der Waals surface area (Å²) in [6.07, 6.45) is 1.24. The summed E-state index contributed by atoms with van der Waals surface area (Å²) < 4.78 is 0. The maximum atomic E-state index is 10.6. The van der Waals surface area contributed by atoms with Crippen molar-refractivity contribution in [3.8, 4) is 0 Å². The molecule has 0 radical (unpaired) electrons. The van der Waals surface area contributed by atoms with E-state index in [-0.39, 0.29) is 44.9 Å². The number of hydrogen-bond acceptors (Lipinski definition) is 3. The fraction of sp³-hybridized carbons (Fsp3) is 0.600. The van der Waals surface area contributed by atoms with Gasteiger partial charge >= 0.3 is 0 Å². The van der Waals surface area contributed by atoms with Crippen LogP contribution in [0, 0.1) is 0 Å².